The summed E-state index contributed by atoms with van der Waals surface area (Å²) in [5.41, 5.74) is 1.86. The van der Waals surface area contributed by atoms with Crippen LogP contribution in [0.15, 0.2) is 28.8 Å². The van der Waals surface area contributed by atoms with Crippen molar-refractivity contribution < 1.29 is 13.5 Å². The van der Waals surface area contributed by atoms with Gasteiger partial charge in [0.15, 0.2) is 5.82 Å². The number of anilines is 1. The Kier molecular flexibility index (Phi) is 4.54. The molecule has 3 rings (SSSR count). The molecule has 2 heterocycles. The lowest BCUT2D eigenvalue weighted by atomic mass is 9.96. The predicted molar refractivity (Wildman–Crippen MR) is 92.2 cm³/mol. The first-order valence-electron chi connectivity index (χ1n) is 7.91. The van der Waals surface area contributed by atoms with Crippen molar-refractivity contribution in [3.8, 4) is 0 Å². The summed E-state index contributed by atoms with van der Waals surface area (Å²) in [5.74, 6) is 0.822. The smallest absolute Gasteiger partial charge is 0.239 e. The van der Waals surface area contributed by atoms with Crippen LogP contribution in [0.5, 0.6) is 0 Å². The number of benzene rings is 1. The van der Waals surface area contributed by atoms with E-state index in [-0.39, 0.29) is 22.8 Å². The van der Waals surface area contributed by atoms with E-state index in [1.165, 1.54) is 0 Å². The van der Waals surface area contributed by atoms with Crippen LogP contribution in [0.3, 0.4) is 0 Å². The van der Waals surface area contributed by atoms with E-state index in [4.69, 9.17) is 4.52 Å². The van der Waals surface area contributed by atoms with Crippen molar-refractivity contribution in [2.24, 2.45) is 0 Å². The van der Waals surface area contributed by atoms with E-state index in [1.54, 1.807) is 4.90 Å². The molecule has 128 valence electrons. The highest BCUT2D eigenvalue weighted by molar-refractivity contribution is 7.84. The van der Waals surface area contributed by atoms with Crippen molar-refractivity contribution in [1.29, 1.82) is 0 Å². The van der Waals surface area contributed by atoms with Gasteiger partial charge >= 0.3 is 0 Å². The topological polar surface area (TPSA) is 76.3 Å². The number of fused-ring (bicyclic) bond motifs is 1. The maximum atomic E-state index is 12.4. The fourth-order valence-electron chi connectivity index (χ4n) is 2.62. The highest BCUT2D eigenvalue weighted by Gasteiger charge is 2.26. The van der Waals surface area contributed by atoms with Crippen LogP contribution in [-0.2, 0) is 33.2 Å². The van der Waals surface area contributed by atoms with Crippen LogP contribution in [-0.4, -0.2) is 32.6 Å². The average Bonchev–Trinajstić information content (AvgIpc) is 3.12. The summed E-state index contributed by atoms with van der Waals surface area (Å²) in [7, 11) is -1.37. The third kappa shape index (κ3) is 3.56. The number of rotatable bonds is 4. The minimum atomic E-state index is -1.37. The molecule has 0 radical (unpaired) electrons. The van der Waals surface area contributed by atoms with Crippen molar-refractivity contribution in [2.45, 2.75) is 38.4 Å². The maximum Gasteiger partial charge on any atom is 0.239 e. The molecule has 1 aromatic heterocycles. The molecule has 1 aliphatic heterocycles. The Morgan fingerprint density at radius 2 is 2.08 bits per heavy atom. The average molecular weight is 347 g/mol. The molecule has 2 aromatic rings. The second-order valence-electron chi connectivity index (χ2n) is 6.91. The number of para-hydroxylation sites is 1. The summed E-state index contributed by atoms with van der Waals surface area (Å²) >= 11 is 0. The first kappa shape index (κ1) is 16.8. The molecule has 0 saturated heterocycles. The molecule has 0 saturated carbocycles. The van der Waals surface area contributed by atoms with E-state index in [1.807, 2.05) is 45.0 Å². The number of carbonyl (C=O) groups excluding carboxylic acids is 1. The molecule has 1 atom stereocenters. The number of nitrogens with zero attached hydrogens (tertiary/aromatic N) is 3. The Labute approximate surface area is 143 Å². The van der Waals surface area contributed by atoms with Gasteiger partial charge < -0.3 is 9.42 Å². The number of hydrogen-bond acceptors (Lipinski definition) is 5. The van der Waals surface area contributed by atoms with Crippen LogP contribution < -0.4 is 4.90 Å². The third-order valence-electron chi connectivity index (χ3n) is 3.90. The zero-order chi connectivity index (χ0) is 17.3. The van der Waals surface area contributed by atoms with Crippen molar-refractivity contribution in [1.82, 2.24) is 10.1 Å². The van der Waals surface area contributed by atoms with Crippen LogP contribution in [0.25, 0.3) is 0 Å². The fourth-order valence-corrected chi connectivity index (χ4v) is 3.55. The molecule has 6 nitrogen and oxygen atoms in total. The molecule has 0 bridgehead atoms. The van der Waals surface area contributed by atoms with Crippen molar-refractivity contribution in [3.63, 3.8) is 0 Å². The zero-order valence-electron chi connectivity index (χ0n) is 14.1. The number of carbonyl (C=O) groups is 1. The number of amides is 1. The van der Waals surface area contributed by atoms with Gasteiger partial charge in [-0.15, -0.1) is 0 Å². The molecular formula is C17H21N3O3S. The van der Waals surface area contributed by atoms with E-state index in [2.05, 4.69) is 10.1 Å². The first-order chi connectivity index (χ1) is 11.3. The summed E-state index contributed by atoms with van der Waals surface area (Å²) in [6, 6.07) is 7.82. The van der Waals surface area contributed by atoms with E-state index in [0.29, 0.717) is 18.3 Å². The van der Waals surface area contributed by atoms with Gasteiger partial charge in [0.2, 0.25) is 11.8 Å². The largest absolute Gasteiger partial charge is 0.338 e. The normalized spacial score (nSPS) is 15.4. The van der Waals surface area contributed by atoms with Gasteiger partial charge in [0.05, 0.1) is 0 Å². The lowest BCUT2D eigenvalue weighted by Crippen LogP contribution is -2.33. The highest BCUT2D eigenvalue weighted by atomic mass is 32.2. The summed E-state index contributed by atoms with van der Waals surface area (Å²) in [6.45, 7) is 6.58. The molecule has 1 aromatic carbocycles. The number of aromatic nitrogens is 2. The van der Waals surface area contributed by atoms with Crippen LogP contribution in [0, 0.1) is 0 Å². The molecular weight excluding hydrogens is 326 g/mol. The van der Waals surface area contributed by atoms with Crippen LogP contribution in [0.1, 0.15) is 38.0 Å². The second kappa shape index (κ2) is 6.47. The molecule has 7 heteroatoms. The van der Waals surface area contributed by atoms with Gasteiger partial charge in [-0.1, -0.05) is 44.1 Å². The monoisotopic (exact) mass is 347 g/mol. The quantitative estimate of drug-likeness (QED) is 0.847. The van der Waals surface area contributed by atoms with Crippen molar-refractivity contribution >= 4 is 22.4 Å². The zero-order valence-corrected chi connectivity index (χ0v) is 14.9. The molecule has 0 N–H and O–H groups in total. The third-order valence-corrected chi connectivity index (χ3v) is 5.03. The Hall–Kier alpha value is -2.02. The van der Waals surface area contributed by atoms with Crippen LogP contribution in [0.4, 0.5) is 5.69 Å². The van der Waals surface area contributed by atoms with Gasteiger partial charge in [0.1, 0.15) is 11.5 Å². The minimum Gasteiger partial charge on any atom is -0.338 e. The fraction of sp³-hybridized carbons (Fsp3) is 0.471. The van der Waals surface area contributed by atoms with Gasteiger partial charge in [-0.05, 0) is 18.1 Å². The Balaban J connectivity index is 1.61. The van der Waals surface area contributed by atoms with E-state index in [9.17, 15) is 9.00 Å². The minimum absolute atomic E-state index is 0.0401. The van der Waals surface area contributed by atoms with Gasteiger partial charge in [-0.25, -0.2) is 0 Å². The molecule has 0 fully saturated rings. The lowest BCUT2D eigenvalue weighted by Gasteiger charge is -2.16. The molecule has 1 aliphatic rings. The van der Waals surface area contributed by atoms with Crippen LogP contribution in [0.2, 0.25) is 0 Å². The molecule has 24 heavy (non-hydrogen) atoms. The van der Waals surface area contributed by atoms with Gasteiger partial charge in [-0.2, -0.15) is 4.98 Å². The Morgan fingerprint density at radius 3 is 2.79 bits per heavy atom. The van der Waals surface area contributed by atoms with E-state index in [0.717, 1.165) is 17.7 Å². The Bertz CT molecular complexity index is 779. The van der Waals surface area contributed by atoms with Gasteiger partial charge in [-0.3, -0.25) is 9.00 Å². The van der Waals surface area contributed by atoms with Crippen molar-refractivity contribution in [2.75, 3.05) is 17.2 Å². The summed E-state index contributed by atoms with van der Waals surface area (Å²) in [5, 5.41) is 3.91. The van der Waals surface area contributed by atoms with Crippen LogP contribution >= 0.6 is 0 Å². The van der Waals surface area contributed by atoms with Crippen molar-refractivity contribution in [3.05, 3.63) is 41.5 Å². The molecule has 0 aliphatic carbocycles. The van der Waals surface area contributed by atoms with Gasteiger partial charge in [0, 0.05) is 28.4 Å². The lowest BCUT2D eigenvalue weighted by molar-refractivity contribution is -0.116. The number of hydrogen-bond donors (Lipinski definition) is 0. The molecule has 0 spiro atoms. The molecule has 1 unspecified atom stereocenters. The molecule has 1 amide bonds. The van der Waals surface area contributed by atoms with E-state index >= 15 is 0 Å². The van der Waals surface area contributed by atoms with E-state index < -0.39 is 10.8 Å². The standard InChI is InChI=1S/C17H21N3O3S/c1-17(2,3)16-18-14(23-19-16)10-24(22)11-15(21)20-9-8-12-6-4-5-7-13(12)20/h4-7H,8-11H2,1-3H3. The summed E-state index contributed by atoms with van der Waals surface area (Å²) < 4.78 is 17.4. The van der Waals surface area contributed by atoms with Gasteiger partial charge in [0.25, 0.3) is 0 Å². The summed E-state index contributed by atoms with van der Waals surface area (Å²) in [4.78, 5) is 18.4. The summed E-state index contributed by atoms with van der Waals surface area (Å²) in [6.07, 6.45) is 0.840. The Morgan fingerprint density at radius 1 is 1.33 bits per heavy atom. The second-order valence-corrected chi connectivity index (χ2v) is 8.37. The predicted octanol–water partition coefficient (Wildman–Crippen LogP) is 2.21. The highest BCUT2D eigenvalue weighted by Crippen LogP contribution is 2.27. The maximum absolute atomic E-state index is 12.4. The first-order valence-corrected chi connectivity index (χ1v) is 9.40. The SMILES string of the molecule is CC(C)(C)c1noc(CS(=O)CC(=O)N2CCc3ccccc32)n1.